The summed E-state index contributed by atoms with van der Waals surface area (Å²) in [6, 6.07) is 0. The van der Waals surface area contributed by atoms with Crippen LogP contribution >= 0.6 is 0 Å². The minimum absolute atomic E-state index is 0.0772. The van der Waals surface area contributed by atoms with Crippen molar-refractivity contribution in [2.45, 2.75) is 25.8 Å². The van der Waals surface area contributed by atoms with Gasteiger partial charge >= 0.3 is 11.7 Å². The summed E-state index contributed by atoms with van der Waals surface area (Å²) in [5.74, 6) is -0.781. The molecule has 0 unspecified atom stereocenters. The summed E-state index contributed by atoms with van der Waals surface area (Å²) < 4.78 is 3.09. The molecule has 1 aliphatic rings. The molecule has 1 fully saturated rings. The topological polar surface area (TPSA) is 64.2 Å². The van der Waals surface area contributed by atoms with Crippen molar-refractivity contribution in [1.29, 1.82) is 0 Å². The molecular formula is C10H14N2O3. The highest BCUT2D eigenvalue weighted by molar-refractivity contribution is 5.68. The van der Waals surface area contributed by atoms with E-state index in [1.165, 1.54) is 4.57 Å². The smallest absolute Gasteiger partial charge is 0.327 e. The van der Waals surface area contributed by atoms with Crippen molar-refractivity contribution < 1.29 is 9.90 Å². The number of aromatic nitrogens is 2. The third-order valence-electron chi connectivity index (χ3n) is 3.01. The Bertz CT molecular complexity index is 440. The van der Waals surface area contributed by atoms with E-state index in [-0.39, 0.29) is 17.5 Å². The van der Waals surface area contributed by atoms with E-state index in [1.54, 1.807) is 24.0 Å². The van der Waals surface area contributed by atoms with Crippen molar-refractivity contribution in [3.63, 3.8) is 0 Å². The molecule has 0 radical (unpaired) electrons. The van der Waals surface area contributed by atoms with E-state index in [1.807, 2.05) is 0 Å². The van der Waals surface area contributed by atoms with Gasteiger partial charge < -0.3 is 9.67 Å². The van der Waals surface area contributed by atoms with Gasteiger partial charge in [0.2, 0.25) is 0 Å². The molecule has 0 bridgehead atoms. The second-order valence-corrected chi connectivity index (χ2v) is 4.39. The van der Waals surface area contributed by atoms with Gasteiger partial charge in [-0.25, -0.2) is 4.79 Å². The molecular weight excluding hydrogens is 196 g/mol. The monoisotopic (exact) mass is 210 g/mol. The molecule has 15 heavy (non-hydrogen) atoms. The van der Waals surface area contributed by atoms with Crippen LogP contribution in [0.4, 0.5) is 0 Å². The molecule has 1 heterocycles. The average Bonchev–Trinajstić information content (AvgIpc) is 2.82. The van der Waals surface area contributed by atoms with Crippen LogP contribution in [0.2, 0.25) is 0 Å². The minimum atomic E-state index is -0.781. The number of rotatable bonds is 4. The zero-order chi connectivity index (χ0) is 11.1. The van der Waals surface area contributed by atoms with Gasteiger partial charge in [-0.15, -0.1) is 0 Å². The maximum Gasteiger partial charge on any atom is 0.327 e. The maximum absolute atomic E-state index is 11.5. The van der Waals surface area contributed by atoms with Crippen molar-refractivity contribution in [3.8, 4) is 0 Å². The molecule has 0 spiro atoms. The predicted molar refractivity (Wildman–Crippen MR) is 53.6 cm³/mol. The standard InChI is InChI=1S/C10H14N2O3/c1-11-4-5-12(9(11)15)7-10(2-3-10)6-8(13)14/h4-5H,2-3,6-7H2,1H3,(H,13,14). The number of aryl methyl sites for hydroxylation is 1. The van der Waals surface area contributed by atoms with E-state index in [0.29, 0.717) is 6.54 Å². The average molecular weight is 210 g/mol. The van der Waals surface area contributed by atoms with Crippen LogP contribution in [0, 0.1) is 5.41 Å². The number of imidazole rings is 1. The van der Waals surface area contributed by atoms with Crippen LogP contribution in [-0.2, 0) is 18.4 Å². The summed E-state index contributed by atoms with van der Waals surface area (Å²) in [5, 5.41) is 8.75. The lowest BCUT2D eigenvalue weighted by Gasteiger charge is -2.11. The Labute approximate surface area is 86.9 Å². The fraction of sp³-hybridized carbons (Fsp3) is 0.600. The number of hydrogen-bond donors (Lipinski definition) is 1. The van der Waals surface area contributed by atoms with E-state index in [4.69, 9.17) is 5.11 Å². The van der Waals surface area contributed by atoms with Crippen molar-refractivity contribution in [2.24, 2.45) is 12.5 Å². The SMILES string of the molecule is Cn1ccn(CC2(CC(=O)O)CC2)c1=O. The molecule has 0 amide bonds. The van der Waals surface area contributed by atoms with Crippen molar-refractivity contribution >= 4 is 5.97 Å². The largest absolute Gasteiger partial charge is 0.481 e. The summed E-state index contributed by atoms with van der Waals surface area (Å²) >= 11 is 0. The zero-order valence-corrected chi connectivity index (χ0v) is 8.64. The minimum Gasteiger partial charge on any atom is -0.481 e. The van der Waals surface area contributed by atoms with Gasteiger partial charge in [0.1, 0.15) is 0 Å². The number of carbonyl (C=O) groups is 1. The molecule has 1 aromatic rings. The number of nitrogens with zero attached hydrogens (tertiary/aromatic N) is 2. The van der Waals surface area contributed by atoms with Gasteiger partial charge in [0.15, 0.2) is 0 Å². The summed E-state index contributed by atoms with van der Waals surface area (Å²) in [5.41, 5.74) is -0.247. The lowest BCUT2D eigenvalue weighted by Crippen LogP contribution is -2.26. The highest BCUT2D eigenvalue weighted by atomic mass is 16.4. The Morgan fingerprint density at radius 1 is 1.53 bits per heavy atom. The summed E-state index contributed by atoms with van der Waals surface area (Å²) in [7, 11) is 1.69. The van der Waals surface area contributed by atoms with Gasteiger partial charge in [0, 0.05) is 26.0 Å². The van der Waals surface area contributed by atoms with Crippen LogP contribution < -0.4 is 5.69 Å². The fourth-order valence-electron chi connectivity index (χ4n) is 1.88. The second-order valence-electron chi connectivity index (χ2n) is 4.39. The van der Waals surface area contributed by atoms with Gasteiger partial charge in [-0.2, -0.15) is 0 Å². The van der Waals surface area contributed by atoms with Gasteiger partial charge in [0.05, 0.1) is 6.42 Å². The first kappa shape index (κ1) is 10.0. The molecule has 1 aromatic heterocycles. The van der Waals surface area contributed by atoms with Crippen LogP contribution in [0.5, 0.6) is 0 Å². The van der Waals surface area contributed by atoms with Crippen molar-refractivity contribution in [3.05, 3.63) is 22.9 Å². The van der Waals surface area contributed by atoms with Gasteiger partial charge in [-0.3, -0.25) is 9.36 Å². The van der Waals surface area contributed by atoms with Crippen LogP contribution in [0.1, 0.15) is 19.3 Å². The van der Waals surface area contributed by atoms with E-state index in [2.05, 4.69) is 0 Å². The zero-order valence-electron chi connectivity index (χ0n) is 8.64. The predicted octanol–water partition coefficient (Wildman–Crippen LogP) is 0.442. The summed E-state index contributed by atoms with van der Waals surface area (Å²) in [6.45, 7) is 0.527. The van der Waals surface area contributed by atoms with Crippen LogP contribution in [0.3, 0.4) is 0 Å². The van der Waals surface area contributed by atoms with Gasteiger partial charge in [0.25, 0.3) is 0 Å². The molecule has 5 nitrogen and oxygen atoms in total. The molecule has 2 rings (SSSR count). The van der Waals surface area contributed by atoms with Crippen LogP contribution in [0.15, 0.2) is 17.2 Å². The Morgan fingerprint density at radius 2 is 2.20 bits per heavy atom. The van der Waals surface area contributed by atoms with E-state index in [0.717, 1.165) is 12.8 Å². The third kappa shape index (κ3) is 1.95. The normalized spacial score (nSPS) is 17.7. The molecule has 1 N–H and O–H groups in total. The highest BCUT2D eigenvalue weighted by Gasteiger charge is 2.44. The Hall–Kier alpha value is -1.52. The first-order chi connectivity index (χ1) is 7.02. The molecule has 0 saturated heterocycles. The lowest BCUT2D eigenvalue weighted by atomic mass is 10.0. The lowest BCUT2D eigenvalue weighted by molar-refractivity contribution is -0.138. The fourth-order valence-corrected chi connectivity index (χ4v) is 1.88. The molecule has 1 saturated carbocycles. The summed E-state index contributed by atoms with van der Waals surface area (Å²) in [6.07, 6.45) is 5.37. The van der Waals surface area contributed by atoms with E-state index in [9.17, 15) is 9.59 Å². The quantitative estimate of drug-likeness (QED) is 0.784. The molecule has 0 atom stereocenters. The first-order valence-corrected chi connectivity index (χ1v) is 4.96. The van der Waals surface area contributed by atoms with Crippen LogP contribution in [0.25, 0.3) is 0 Å². The van der Waals surface area contributed by atoms with Crippen molar-refractivity contribution in [2.75, 3.05) is 0 Å². The van der Waals surface area contributed by atoms with Crippen LogP contribution in [-0.4, -0.2) is 20.2 Å². The molecule has 1 aliphatic carbocycles. The third-order valence-corrected chi connectivity index (χ3v) is 3.01. The first-order valence-electron chi connectivity index (χ1n) is 4.96. The number of carboxylic acid groups (broad SMARTS) is 1. The van der Waals surface area contributed by atoms with Crippen molar-refractivity contribution in [1.82, 2.24) is 9.13 Å². The Morgan fingerprint density at radius 3 is 2.60 bits per heavy atom. The van der Waals surface area contributed by atoms with E-state index >= 15 is 0 Å². The number of aliphatic carboxylic acids is 1. The Balaban J connectivity index is 2.12. The van der Waals surface area contributed by atoms with E-state index < -0.39 is 5.97 Å². The maximum atomic E-state index is 11.5. The summed E-state index contributed by atoms with van der Waals surface area (Å²) in [4.78, 5) is 22.2. The molecule has 82 valence electrons. The van der Waals surface area contributed by atoms with Gasteiger partial charge in [-0.05, 0) is 18.3 Å². The number of carboxylic acids is 1. The Kier molecular flexibility index (Phi) is 2.17. The second kappa shape index (κ2) is 3.25. The number of hydrogen-bond acceptors (Lipinski definition) is 2. The molecule has 0 aliphatic heterocycles. The molecule has 0 aromatic carbocycles. The highest BCUT2D eigenvalue weighted by Crippen LogP contribution is 2.49. The van der Waals surface area contributed by atoms with Gasteiger partial charge in [-0.1, -0.05) is 0 Å². The molecule has 5 heteroatoms.